The zero-order valence-electron chi connectivity index (χ0n) is 9.38. The molecule has 2 atom stereocenters. The minimum Gasteiger partial charge on any atom is -0.481 e. The van der Waals surface area contributed by atoms with Crippen molar-refractivity contribution in [2.45, 2.75) is 6.92 Å². The number of anilines is 2. The van der Waals surface area contributed by atoms with Crippen LogP contribution in [0.15, 0.2) is 11.1 Å². The quantitative estimate of drug-likeness (QED) is 0.640. The maximum atomic E-state index is 11.3. The largest absolute Gasteiger partial charge is 0.481 e. The highest BCUT2D eigenvalue weighted by molar-refractivity contribution is 5.73. The van der Waals surface area contributed by atoms with Crippen LogP contribution in [0.4, 0.5) is 11.5 Å². The Labute approximate surface area is 97.3 Å². The van der Waals surface area contributed by atoms with Crippen molar-refractivity contribution in [3.05, 3.63) is 16.7 Å². The molecule has 1 aromatic heterocycles. The van der Waals surface area contributed by atoms with E-state index in [0.29, 0.717) is 18.9 Å². The van der Waals surface area contributed by atoms with Crippen LogP contribution in [0, 0.1) is 11.8 Å². The Morgan fingerprint density at radius 2 is 2.35 bits per heavy atom. The third-order valence-electron chi connectivity index (χ3n) is 3.10. The molecule has 1 fully saturated rings. The molecule has 1 aliphatic heterocycles. The topological polar surface area (TPSA) is 112 Å². The van der Waals surface area contributed by atoms with E-state index in [1.165, 1.54) is 6.33 Å². The highest BCUT2D eigenvalue weighted by Gasteiger charge is 2.36. The molecule has 1 aliphatic rings. The van der Waals surface area contributed by atoms with Gasteiger partial charge in [-0.3, -0.25) is 9.59 Å². The summed E-state index contributed by atoms with van der Waals surface area (Å²) >= 11 is 0. The molecule has 0 spiro atoms. The van der Waals surface area contributed by atoms with Gasteiger partial charge in [-0.05, 0) is 5.92 Å². The second-order valence-corrected chi connectivity index (χ2v) is 4.30. The smallest absolute Gasteiger partial charge is 0.308 e. The predicted molar refractivity (Wildman–Crippen MR) is 61.8 cm³/mol. The molecule has 0 aliphatic carbocycles. The summed E-state index contributed by atoms with van der Waals surface area (Å²) in [5, 5.41) is 9.03. The standard InChI is InChI=1S/C10H14N4O3/c1-5-2-14(3-6(5)10(16)17)8-7(11)9(15)13-4-12-8/h4-6H,2-3,11H2,1H3,(H,16,17)(H,12,13,15). The molecule has 2 heterocycles. The molecule has 17 heavy (non-hydrogen) atoms. The van der Waals surface area contributed by atoms with Crippen LogP contribution >= 0.6 is 0 Å². The van der Waals surface area contributed by atoms with Gasteiger partial charge in [-0.1, -0.05) is 6.92 Å². The van der Waals surface area contributed by atoms with Crippen molar-refractivity contribution < 1.29 is 9.90 Å². The van der Waals surface area contributed by atoms with Gasteiger partial charge in [-0.2, -0.15) is 0 Å². The summed E-state index contributed by atoms with van der Waals surface area (Å²) in [6.45, 7) is 2.73. The van der Waals surface area contributed by atoms with Crippen molar-refractivity contribution in [1.82, 2.24) is 9.97 Å². The summed E-state index contributed by atoms with van der Waals surface area (Å²) in [5.41, 5.74) is 5.27. The van der Waals surface area contributed by atoms with Crippen molar-refractivity contribution >= 4 is 17.5 Å². The third-order valence-corrected chi connectivity index (χ3v) is 3.10. The maximum Gasteiger partial charge on any atom is 0.308 e. The lowest BCUT2D eigenvalue weighted by Crippen LogP contribution is -2.27. The lowest BCUT2D eigenvalue weighted by molar-refractivity contribution is -0.142. The number of H-pyrrole nitrogens is 1. The number of aromatic nitrogens is 2. The number of carbonyl (C=O) groups is 1. The van der Waals surface area contributed by atoms with Gasteiger partial charge in [0, 0.05) is 13.1 Å². The van der Waals surface area contributed by atoms with Gasteiger partial charge in [-0.25, -0.2) is 4.98 Å². The van der Waals surface area contributed by atoms with Gasteiger partial charge in [0.25, 0.3) is 5.56 Å². The number of rotatable bonds is 2. The van der Waals surface area contributed by atoms with Gasteiger partial charge in [0.05, 0.1) is 12.2 Å². The molecule has 7 heteroatoms. The first-order chi connectivity index (χ1) is 8.00. The molecule has 0 amide bonds. The second-order valence-electron chi connectivity index (χ2n) is 4.30. The summed E-state index contributed by atoms with van der Waals surface area (Å²) < 4.78 is 0. The number of nitrogen functional groups attached to an aromatic ring is 1. The first-order valence-electron chi connectivity index (χ1n) is 5.31. The van der Waals surface area contributed by atoms with Gasteiger partial charge in [0.2, 0.25) is 0 Å². The molecule has 1 aromatic rings. The molecule has 2 unspecified atom stereocenters. The van der Waals surface area contributed by atoms with Gasteiger partial charge < -0.3 is 20.7 Å². The SMILES string of the molecule is CC1CN(c2nc[nH]c(=O)c2N)CC1C(=O)O. The third kappa shape index (κ3) is 1.95. The predicted octanol–water partition coefficient (Wildman–Crippen LogP) is -0.491. The molecular weight excluding hydrogens is 224 g/mol. The molecular formula is C10H14N4O3. The molecule has 92 valence electrons. The Balaban J connectivity index is 2.29. The van der Waals surface area contributed by atoms with Crippen molar-refractivity contribution in [3.63, 3.8) is 0 Å². The number of nitrogens with zero attached hydrogens (tertiary/aromatic N) is 2. The summed E-state index contributed by atoms with van der Waals surface area (Å²) in [7, 11) is 0. The van der Waals surface area contributed by atoms with Gasteiger partial charge >= 0.3 is 5.97 Å². The number of hydrogen-bond acceptors (Lipinski definition) is 5. The van der Waals surface area contributed by atoms with E-state index in [4.69, 9.17) is 10.8 Å². The highest BCUT2D eigenvalue weighted by Crippen LogP contribution is 2.28. The van der Waals surface area contributed by atoms with E-state index >= 15 is 0 Å². The summed E-state index contributed by atoms with van der Waals surface area (Å²) in [5.74, 6) is -0.906. The van der Waals surface area contributed by atoms with Crippen LogP contribution in [0.1, 0.15) is 6.92 Å². The highest BCUT2D eigenvalue weighted by atomic mass is 16.4. The van der Waals surface area contributed by atoms with E-state index in [9.17, 15) is 9.59 Å². The Kier molecular flexibility index (Phi) is 2.74. The average molecular weight is 238 g/mol. The molecule has 0 bridgehead atoms. The van der Waals surface area contributed by atoms with E-state index in [0.717, 1.165) is 0 Å². The van der Waals surface area contributed by atoms with Gasteiger partial charge in [-0.15, -0.1) is 0 Å². The molecule has 1 saturated heterocycles. The lowest BCUT2D eigenvalue weighted by Gasteiger charge is -2.17. The van der Waals surface area contributed by atoms with E-state index < -0.39 is 17.4 Å². The van der Waals surface area contributed by atoms with Crippen LogP contribution in [-0.4, -0.2) is 34.1 Å². The number of aliphatic carboxylic acids is 1. The van der Waals surface area contributed by atoms with E-state index in [2.05, 4.69) is 9.97 Å². The number of carboxylic acid groups (broad SMARTS) is 1. The first-order valence-corrected chi connectivity index (χ1v) is 5.31. The van der Waals surface area contributed by atoms with Crippen molar-refractivity contribution in [2.75, 3.05) is 23.7 Å². The van der Waals surface area contributed by atoms with Crippen LogP contribution < -0.4 is 16.2 Å². The minimum atomic E-state index is -0.830. The number of aromatic amines is 1. The zero-order valence-corrected chi connectivity index (χ0v) is 9.38. The molecule has 7 nitrogen and oxygen atoms in total. The van der Waals surface area contributed by atoms with E-state index in [1.54, 1.807) is 4.90 Å². The Bertz CT molecular complexity index is 499. The van der Waals surface area contributed by atoms with E-state index in [1.807, 2.05) is 6.92 Å². The van der Waals surface area contributed by atoms with Crippen molar-refractivity contribution in [2.24, 2.45) is 11.8 Å². The fourth-order valence-electron chi connectivity index (χ4n) is 2.11. The monoisotopic (exact) mass is 238 g/mol. The average Bonchev–Trinajstić information content (AvgIpc) is 2.64. The lowest BCUT2D eigenvalue weighted by atomic mass is 9.99. The molecule has 0 radical (unpaired) electrons. The summed E-state index contributed by atoms with van der Waals surface area (Å²) in [6, 6.07) is 0. The molecule has 0 aromatic carbocycles. The van der Waals surface area contributed by atoms with Crippen molar-refractivity contribution in [3.8, 4) is 0 Å². The zero-order chi connectivity index (χ0) is 12.6. The molecule has 4 N–H and O–H groups in total. The summed E-state index contributed by atoms with van der Waals surface area (Å²) in [4.78, 5) is 30.4. The Hall–Kier alpha value is -2.05. The van der Waals surface area contributed by atoms with Gasteiger partial charge in [0.15, 0.2) is 5.82 Å². The van der Waals surface area contributed by atoms with Crippen LogP contribution in [0.2, 0.25) is 0 Å². The number of nitrogens with one attached hydrogen (secondary N) is 1. The number of hydrogen-bond donors (Lipinski definition) is 3. The maximum absolute atomic E-state index is 11.3. The van der Waals surface area contributed by atoms with Crippen LogP contribution in [0.25, 0.3) is 0 Å². The second kappa shape index (κ2) is 4.08. The fraction of sp³-hybridized carbons (Fsp3) is 0.500. The van der Waals surface area contributed by atoms with E-state index in [-0.39, 0.29) is 11.6 Å². The van der Waals surface area contributed by atoms with Gasteiger partial charge in [0.1, 0.15) is 5.69 Å². The first kappa shape index (κ1) is 11.4. The Morgan fingerprint density at radius 1 is 1.65 bits per heavy atom. The van der Waals surface area contributed by atoms with Crippen LogP contribution in [0.3, 0.4) is 0 Å². The normalized spacial score (nSPS) is 23.9. The fourth-order valence-corrected chi connectivity index (χ4v) is 2.11. The number of nitrogens with two attached hydrogens (primary N) is 1. The van der Waals surface area contributed by atoms with Crippen LogP contribution in [0.5, 0.6) is 0 Å². The molecule has 2 rings (SSSR count). The number of carboxylic acids is 1. The minimum absolute atomic E-state index is 0.00740. The van der Waals surface area contributed by atoms with Crippen LogP contribution in [-0.2, 0) is 4.79 Å². The summed E-state index contributed by atoms with van der Waals surface area (Å²) in [6.07, 6.45) is 1.27. The molecule has 0 saturated carbocycles. The van der Waals surface area contributed by atoms with Crippen molar-refractivity contribution in [1.29, 1.82) is 0 Å². The Morgan fingerprint density at radius 3 is 2.94 bits per heavy atom.